The van der Waals surface area contributed by atoms with Gasteiger partial charge >= 0.3 is 0 Å². The average Bonchev–Trinajstić information content (AvgIpc) is 3.08. The fourth-order valence-corrected chi connectivity index (χ4v) is 4.03. The number of thiophene rings is 1. The topological polar surface area (TPSA) is 60.5 Å². The second kappa shape index (κ2) is 5.76. The summed E-state index contributed by atoms with van der Waals surface area (Å²) in [5.74, 6) is 0.116. The number of rotatable bonds is 2. The fourth-order valence-electron chi connectivity index (χ4n) is 3.04. The molecule has 0 radical (unpaired) electrons. The number of carbonyl (C=O) groups excluding carboxylic acids is 1. The second-order valence-corrected chi connectivity index (χ2v) is 7.15. The number of anilines is 1. The van der Waals surface area contributed by atoms with Crippen molar-refractivity contribution in [2.45, 2.75) is 6.42 Å². The molecular formula is C19H18N3OS+. The Balaban J connectivity index is 1.69. The summed E-state index contributed by atoms with van der Waals surface area (Å²) in [6, 6.07) is 12.4. The summed E-state index contributed by atoms with van der Waals surface area (Å²) in [5.41, 5.74) is 10.8. The molecule has 0 unspecified atom stereocenters. The minimum Gasteiger partial charge on any atom is -0.394 e. The van der Waals surface area contributed by atoms with E-state index < -0.39 is 0 Å². The number of nitrogen functional groups attached to an aromatic ring is 1. The Bertz CT molecular complexity index is 932. The molecular weight excluding hydrogens is 318 g/mol. The minimum absolute atomic E-state index is 0.116. The first-order chi connectivity index (χ1) is 11.6. The number of pyridine rings is 1. The molecule has 5 heteroatoms. The lowest BCUT2D eigenvalue weighted by Gasteiger charge is -2.25. The molecule has 0 saturated heterocycles. The first-order valence-corrected chi connectivity index (χ1v) is 8.69. The van der Waals surface area contributed by atoms with Crippen molar-refractivity contribution in [2.24, 2.45) is 0 Å². The zero-order valence-electron chi connectivity index (χ0n) is 13.4. The molecule has 3 N–H and O–H groups in total. The van der Waals surface area contributed by atoms with Gasteiger partial charge < -0.3 is 10.6 Å². The molecule has 24 heavy (non-hydrogen) atoms. The third kappa shape index (κ3) is 2.57. The Morgan fingerprint density at radius 3 is 2.67 bits per heavy atom. The van der Waals surface area contributed by atoms with E-state index >= 15 is 0 Å². The summed E-state index contributed by atoms with van der Waals surface area (Å²) in [6.07, 6.45) is 4.64. The van der Waals surface area contributed by atoms with Crippen molar-refractivity contribution < 1.29 is 9.78 Å². The van der Waals surface area contributed by atoms with Crippen molar-refractivity contribution in [3.05, 3.63) is 59.9 Å². The van der Waals surface area contributed by atoms with Gasteiger partial charge in [-0.25, -0.2) is 4.98 Å². The highest BCUT2D eigenvalue weighted by molar-refractivity contribution is 7.18. The number of nitrogens with zero attached hydrogens (tertiary/aromatic N) is 1. The van der Waals surface area contributed by atoms with Gasteiger partial charge in [0.1, 0.15) is 0 Å². The van der Waals surface area contributed by atoms with Gasteiger partial charge in [0.2, 0.25) is 0 Å². The maximum atomic E-state index is 12.2. The Morgan fingerprint density at radius 1 is 1.08 bits per heavy atom. The number of likely N-dealkylation sites (N-methyl/N-ethyl adjacent to an activating group) is 1. The average molecular weight is 336 g/mol. The summed E-state index contributed by atoms with van der Waals surface area (Å²) in [6.45, 7) is 0.782. The van der Waals surface area contributed by atoms with Crippen LogP contribution < -0.4 is 10.7 Å². The number of benzene rings is 1. The van der Waals surface area contributed by atoms with Crippen LogP contribution in [0.1, 0.15) is 15.9 Å². The molecule has 1 aliphatic rings. The van der Waals surface area contributed by atoms with Crippen LogP contribution in [0.25, 0.3) is 20.9 Å². The molecule has 0 bridgehead atoms. The molecule has 1 aliphatic heterocycles. The highest BCUT2D eigenvalue weighted by Crippen LogP contribution is 2.35. The molecule has 0 fully saturated rings. The van der Waals surface area contributed by atoms with Crippen molar-refractivity contribution in [1.82, 2.24) is 4.90 Å². The van der Waals surface area contributed by atoms with Crippen molar-refractivity contribution in [2.75, 3.05) is 19.3 Å². The van der Waals surface area contributed by atoms with Crippen LogP contribution in [0.15, 0.2) is 48.8 Å². The molecule has 1 aromatic carbocycles. The van der Waals surface area contributed by atoms with Gasteiger partial charge in [0, 0.05) is 28.9 Å². The van der Waals surface area contributed by atoms with E-state index in [1.165, 1.54) is 9.75 Å². The van der Waals surface area contributed by atoms with Gasteiger partial charge in [0.05, 0.1) is 11.3 Å². The molecule has 120 valence electrons. The lowest BCUT2D eigenvalue weighted by molar-refractivity contribution is -0.376. The SMILES string of the molecule is CN1CCc2cc(-c3ccc(-c4c[nH+]cc(N)c4)s3)ccc2C1=O. The Morgan fingerprint density at radius 2 is 1.88 bits per heavy atom. The summed E-state index contributed by atoms with van der Waals surface area (Å²) in [4.78, 5) is 19.4. The van der Waals surface area contributed by atoms with Crippen LogP contribution in [0, 0.1) is 0 Å². The molecule has 1 amide bonds. The highest BCUT2D eigenvalue weighted by atomic mass is 32.1. The number of amides is 1. The normalized spacial score (nSPS) is 13.9. The molecule has 0 saturated carbocycles. The van der Waals surface area contributed by atoms with Crippen molar-refractivity contribution >= 4 is 22.9 Å². The standard InChI is InChI=1S/C19H17N3OS/c1-22-7-6-12-8-13(2-3-16(12)19(22)23)17-4-5-18(24-17)14-9-15(20)11-21-10-14/h2-5,8-11H,6-7,20H2,1H3/p+1. The zero-order valence-corrected chi connectivity index (χ0v) is 14.2. The maximum absolute atomic E-state index is 12.2. The van der Waals surface area contributed by atoms with Crippen LogP contribution >= 0.6 is 11.3 Å². The number of hydrogen-bond acceptors (Lipinski definition) is 3. The summed E-state index contributed by atoms with van der Waals surface area (Å²) in [5, 5.41) is 0. The molecule has 3 aromatic rings. The monoisotopic (exact) mass is 336 g/mol. The molecule has 4 nitrogen and oxygen atoms in total. The zero-order chi connectivity index (χ0) is 16.7. The highest BCUT2D eigenvalue weighted by Gasteiger charge is 2.21. The Labute approximate surface area is 144 Å². The van der Waals surface area contributed by atoms with Gasteiger partial charge in [-0.05, 0) is 47.9 Å². The molecule has 0 aliphatic carbocycles. The van der Waals surface area contributed by atoms with Gasteiger partial charge in [0.25, 0.3) is 5.91 Å². The third-order valence-electron chi connectivity index (χ3n) is 4.38. The van der Waals surface area contributed by atoms with Gasteiger partial charge in [0.15, 0.2) is 12.4 Å². The van der Waals surface area contributed by atoms with E-state index in [4.69, 9.17) is 5.73 Å². The molecule has 3 heterocycles. The predicted molar refractivity (Wildman–Crippen MR) is 96.8 cm³/mol. The van der Waals surface area contributed by atoms with Crippen LogP contribution in [0.5, 0.6) is 0 Å². The number of nitrogens with two attached hydrogens (primary N) is 1. The smallest absolute Gasteiger partial charge is 0.253 e. The van der Waals surface area contributed by atoms with Gasteiger partial charge in [-0.15, -0.1) is 11.3 Å². The van der Waals surface area contributed by atoms with E-state index in [2.05, 4.69) is 23.2 Å². The van der Waals surface area contributed by atoms with Crippen molar-refractivity contribution in [3.63, 3.8) is 0 Å². The number of aromatic nitrogens is 1. The van der Waals surface area contributed by atoms with E-state index in [0.717, 1.165) is 40.9 Å². The molecule has 4 rings (SSSR count). The van der Waals surface area contributed by atoms with Gasteiger partial charge in [-0.1, -0.05) is 6.07 Å². The van der Waals surface area contributed by atoms with Crippen LogP contribution in [-0.4, -0.2) is 24.4 Å². The first-order valence-electron chi connectivity index (χ1n) is 7.87. The van der Waals surface area contributed by atoms with Crippen LogP contribution in [0.4, 0.5) is 5.69 Å². The van der Waals surface area contributed by atoms with E-state index in [1.807, 2.05) is 31.4 Å². The van der Waals surface area contributed by atoms with Crippen molar-refractivity contribution in [3.8, 4) is 20.9 Å². The quantitative estimate of drug-likeness (QED) is 0.782. The number of H-pyrrole nitrogens is 1. The maximum Gasteiger partial charge on any atom is 0.253 e. The van der Waals surface area contributed by atoms with Gasteiger partial charge in [-0.3, -0.25) is 4.79 Å². The van der Waals surface area contributed by atoms with Crippen molar-refractivity contribution in [1.29, 1.82) is 0 Å². The van der Waals surface area contributed by atoms with Crippen LogP contribution in [-0.2, 0) is 6.42 Å². The van der Waals surface area contributed by atoms with E-state index in [1.54, 1.807) is 22.4 Å². The first kappa shape index (κ1) is 14.9. The van der Waals surface area contributed by atoms with E-state index in [-0.39, 0.29) is 5.91 Å². The second-order valence-electron chi connectivity index (χ2n) is 6.07. The largest absolute Gasteiger partial charge is 0.394 e. The Hall–Kier alpha value is -2.66. The number of fused-ring (bicyclic) bond motifs is 1. The molecule has 0 spiro atoms. The summed E-state index contributed by atoms with van der Waals surface area (Å²) < 4.78 is 0. The Kier molecular flexibility index (Phi) is 3.58. The van der Waals surface area contributed by atoms with Crippen LogP contribution in [0.3, 0.4) is 0 Å². The van der Waals surface area contributed by atoms with Crippen LogP contribution in [0.2, 0.25) is 0 Å². The third-order valence-corrected chi connectivity index (χ3v) is 5.57. The predicted octanol–water partition coefficient (Wildman–Crippen LogP) is 3.11. The summed E-state index contributed by atoms with van der Waals surface area (Å²) in [7, 11) is 1.85. The number of carbonyl (C=O) groups is 1. The molecule has 0 atom stereocenters. The van der Waals surface area contributed by atoms with Gasteiger partial charge in [-0.2, -0.15) is 0 Å². The number of hydrogen-bond donors (Lipinski definition) is 1. The minimum atomic E-state index is 0.116. The number of nitrogens with one attached hydrogen (secondary N) is 1. The van der Waals surface area contributed by atoms with E-state index in [9.17, 15) is 4.79 Å². The lowest BCUT2D eigenvalue weighted by Crippen LogP contribution is -2.34. The number of aromatic amines is 1. The lowest BCUT2D eigenvalue weighted by atomic mass is 9.96. The molecule has 2 aromatic heterocycles. The fraction of sp³-hybridized carbons (Fsp3) is 0.158. The summed E-state index contributed by atoms with van der Waals surface area (Å²) >= 11 is 1.73. The van der Waals surface area contributed by atoms with E-state index in [0.29, 0.717) is 0 Å².